The van der Waals surface area contributed by atoms with Gasteiger partial charge in [-0.1, -0.05) is 22.4 Å². The van der Waals surface area contributed by atoms with Gasteiger partial charge in [0.25, 0.3) is 0 Å². The van der Waals surface area contributed by atoms with Crippen molar-refractivity contribution in [3.05, 3.63) is 0 Å². The molecule has 2 atom stereocenters. The highest BCUT2D eigenvalue weighted by Crippen LogP contribution is 2.27. The molecule has 82 valence electrons. The summed E-state index contributed by atoms with van der Waals surface area (Å²) in [5, 5.41) is 0. The summed E-state index contributed by atoms with van der Waals surface area (Å²) >= 11 is 8.87. The van der Waals surface area contributed by atoms with Gasteiger partial charge in [0.1, 0.15) is 12.7 Å². The molecule has 0 saturated heterocycles. The first-order chi connectivity index (χ1) is 6.74. The minimum Gasteiger partial charge on any atom is -0.433 e. The molecule has 1 fully saturated rings. The van der Waals surface area contributed by atoms with Crippen molar-refractivity contribution in [3.63, 3.8) is 0 Å². The van der Waals surface area contributed by atoms with E-state index in [0.717, 1.165) is 19.3 Å². The zero-order valence-electron chi connectivity index (χ0n) is 7.88. The molecule has 0 aliphatic heterocycles. The van der Waals surface area contributed by atoms with E-state index in [2.05, 4.69) is 15.9 Å². The molecule has 3 nitrogen and oxygen atoms in total. The van der Waals surface area contributed by atoms with Crippen molar-refractivity contribution >= 4 is 33.7 Å². The summed E-state index contributed by atoms with van der Waals surface area (Å²) in [6.45, 7) is 0.208. The molecule has 1 saturated carbocycles. The lowest BCUT2D eigenvalue weighted by Crippen LogP contribution is -2.30. The highest BCUT2D eigenvalue weighted by atomic mass is 79.9. The molecule has 1 rings (SSSR count). The van der Waals surface area contributed by atoms with Crippen LogP contribution in [0.1, 0.15) is 25.7 Å². The monoisotopic (exact) mass is 284 g/mol. The first-order valence-corrected chi connectivity index (χ1v) is 6.22. The second-order valence-corrected chi connectivity index (χ2v) is 4.80. The van der Waals surface area contributed by atoms with E-state index in [0.29, 0.717) is 5.88 Å². The summed E-state index contributed by atoms with van der Waals surface area (Å²) in [5.41, 5.74) is 0. The zero-order chi connectivity index (χ0) is 10.4. The maximum Gasteiger partial charge on any atom is 0.508 e. The van der Waals surface area contributed by atoms with Gasteiger partial charge in [0.15, 0.2) is 0 Å². The Morgan fingerprint density at radius 2 is 2.14 bits per heavy atom. The van der Waals surface area contributed by atoms with Crippen LogP contribution in [0.5, 0.6) is 0 Å². The SMILES string of the molecule is O=C(OCCCl)OC1CCCCC1Br. The molecule has 5 heteroatoms. The number of carbonyl (C=O) groups excluding carboxylic acids is 1. The molecular weight excluding hydrogens is 271 g/mol. The number of carbonyl (C=O) groups is 1. The molecular formula is C9H14BrClO3. The van der Waals surface area contributed by atoms with Gasteiger partial charge in [-0.3, -0.25) is 0 Å². The van der Waals surface area contributed by atoms with Crippen molar-refractivity contribution in [2.75, 3.05) is 12.5 Å². The molecule has 0 amide bonds. The molecule has 0 aromatic heterocycles. The Balaban J connectivity index is 2.23. The fourth-order valence-electron chi connectivity index (χ4n) is 1.46. The van der Waals surface area contributed by atoms with Crippen LogP contribution in [0.2, 0.25) is 0 Å². The highest BCUT2D eigenvalue weighted by Gasteiger charge is 2.26. The van der Waals surface area contributed by atoms with E-state index in [1.807, 2.05) is 0 Å². The van der Waals surface area contributed by atoms with Crippen LogP contribution in [0.15, 0.2) is 0 Å². The van der Waals surface area contributed by atoms with E-state index < -0.39 is 6.16 Å². The summed E-state index contributed by atoms with van der Waals surface area (Å²) < 4.78 is 9.87. The number of ether oxygens (including phenoxy) is 2. The highest BCUT2D eigenvalue weighted by molar-refractivity contribution is 9.09. The van der Waals surface area contributed by atoms with Crippen molar-refractivity contribution in [3.8, 4) is 0 Å². The average molecular weight is 286 g/mol. The first-order valence-electron chi connectivity index (χ1n) is 4.77. The van der Waals surface area contributed by atoms with Crippen LogP contribution in [-0.4, -0.2) is 29.6 Å². The number of hydrogen-bond donors (Lipinski definition) is 0. The van der Waals surface area contributed by atoms with Crippen LogP contribution in [0.4, 0.5) is 4.79 Å². The lowest BCUT2D eigenvalue weighted by atomic mass is 9.98. The third-order valence-corrected chi connectivity index (χ3v) is 3.37. The van der Waals surface area contributed by atoms with Crippen molar-refractivity contribution in [2.24, 2.45) is 0 Å². The van der Waals surface area contributed by atoms with Crippen molar-refractivity contribution in [1.82, 2.24) is 0 Å². The fourth-order valence-corrected chi connectivity index (χ4v) is 2.24. The largest absolute Gasteiger partial charge is 0.508 e. The van der Waals surface area contributed by atoms with Crippen LogP contribution in [0.3, 0.4) is 0 Å². The number of rotatable bonds is 3. The summed E-state index contributed by atoms with van der Waals surface area (Å²) in [5.74, 6) is 0.303. The Hall–Kier alpha value is 0.0400. The molecule has 0 aromatic rings. The Morgan fingerprint density at radius 3 is 2.79 bits per heavy atom. The van der Waals surface area contributed by atoms with Gasteiger partial charge in [0, 0.05) is 0 Å². The minimum absolute atomic E-state index is 0.0495. The van der Waals surface area contributed by atoms with Gasteiger partial charge in [-0.2, -0.15) is 0 Å². The maximum atomic E-state index is 11.1. The van der Waals surface area contributed by atoms with Crippen molar-refractivity contribution in [1.29, 1.82) is 0 Å². The third kappa shape index (κ3) is 4.05. The predicted molar refractivity (Wildman–Crippen MR) is 58.1 cm³/mol. The molecule has 14 heavy (non-hydrogen) atoms. The van der Waals surface area contributed by atoms with E-state index in [1.165, 1.54) is 6.42 Å². The molecule has 0 N–H and O–H groups in total. The molecule has 2 unspecified atom stereocenters. The molecule has 1 aliphatic carbocycles. The summed E-state index contributed by atoms with van der Waals surface area (Å²) in [4.78, 5) is 11.4. The van der Waals surface area contributed by atoms with E-state index in [-0.39, 0.29) is 17.5 Å². The first kappa shape index (κ1) is 12.1. The standard InChI is InChI=1S/C9H14BrClO3/c10-7-3-1-2-4-8(7)14-9(12)13-6-5-11/h7-8H,1-6H2. The zero-order valence-corrected chi connectivity index (χ0v) is 10.2. The second-order valence-electron chi connectivity index (χ2n) is 3.24. The van der Waals surface area contributed by atoms with Crippen LogP contribution >= 0.6 is 27.5 Å². The Labute approximate surface area is 97.2 Å². The minimum atomic E-state index is -0.609. The molecule has 0 spiro atoms. The van der Waals surface area contributed by atoms with Gasteiger partial charge in [0.2, 0.25) is 0 Å². The van der Waals surface area contributed by atoms with Crippen LogP contribution in [-0.2, 0) is 9.47 Å². The van der Waals surface area contributed by atoms with Crippen molar-refractivity contribution in [2.45, 2.75) is 36.6 Å². The van der Waals surface area contributed by atoms with E-state index >= 15 is 0 Å². The fraction of sp³-hybridized carbons (Fsp3) is 0.889. The van der Waals surface area contributed by atoms with Crippen LogP contribution < -0.4 is 0 Å². The third-order valence-electron chi connectivity index (χ3n) is 2.17. The van der Waals surface area contributed by atoms with Crippen LogP contribution in [0.25, 0.3) is 0 Å². The van der Waals surface area contributed by atoms with Gasteiger partial charge < -0.3 is 9.47 Å². The lowest BCUT2D eigenvalue weighted by molar-refractivity contribution is 0.0174. The van der Waals surface area contributed by atoms with Gasteiger partial charge in [-0.15, -0.1) is 11.6 Å². The number of halogens is 2. The summed E-state index contributed by atoms with van der Waals surface area (Å²) in [6, 6.07) is 0. The van der Waals surface area contributed by atoms with Gasteiger partial charge in [-0.25, -0.2) is 4.79 Å². The van der Waals surface area contributed by atoms with E-state index in [1.54, 1.807) is 0 Å². The molecule has 0 heterocycles. The van der Waals surface area contributed by atoms with Gasteiger partial charge in [-0.05, 0) is 19.3 Å². The predicted octanol–water partition coefficient (Wildman–Crippen LogP) is 3.08. The van der Waals surface area contributed by atoms with Gasteiger partial charge in [0.05, 0.1) is 10.7 Å². The molecule has 0 radical (unpaired) electrons. The maximum absolute atomic E-state index is 11.1. The second kappa shape index (κ2) is 6.51. The number of hydrogen-bond acceptors (Lipinski definition) is 3. The number of alkyl halides is 2. The summed E-state index contributed by atoms with van der Waals surface area (Å²) in [6.07, 6.45) is 3.59. The van der Waals surface area contributed by atoms with E-state index in [9.17, 15) is 4.79 Å². The Kier molecular flexibility index (Phi) is 5.63. The Bertz CT molecular complexity index is 189. The summed E-state index contributed by atoms with van der Waals surface area (Å²) in [7, 11) is 0. The Morgan fingerprint density at radius 1 is 1.43 bits per heavy atom. The quantitative estimate of drug-likeness (QED) is 0.590. The van der Waals surface area contributed by atoms with Crippen LogP contribution in [0, 0.1) is 0 Å². The normalized spacial score (nSPS) is 27.0. The topological polar surface area (TPSA) is 35.5 Å². The van der Waals surface area contributed by atoms with Gasteiger partial charge >= 0.3 is 6.16 Å². The lowest BCUT2D eigenvalue weighted by Gasteiger charge is -2.26. The smallest absolute Gasteiger partial charge is 0.433 e. The molecule has 0 bridgehead atoms. The van der Waals surface area contributed by atoms with E-state index in [4.69, 9.17) is 21.1 Å². The average Bonchev–Trinajstić information content (AvgIpc) is 2.18. The van der Waals surface area contributed by atoms with Crippen molar-refractivity contribution < 1.29 is 14.3 Å². The molecule has 0 aromatic carbocycles. The molecule has 1 aliphatic rings.